The van der Waals surface area contributed by atoms with Gasteiger partial charge >= 0.3 is 5.97 Å². The second kappa shape index (κ2) is 9.35. The summed E-state index contributed by atoms with van der Waals surface area (Å²) >= 11 is 0. The van der Waals surface area contributed by atoms with Crippen molar-refractivity contribution >= 4 is 23.4 Å². The van der Waals surface area contributed by atoms with Crippen LogP contribution in [0.5, 0.6) is 0 Å². The molecule has 0 spiro atoms. The van der Waals surface area contributed by atoms with Crippen molar-refractivity contribution in [1.29, 1.82) is 0 Å². The summed E-state index contributed by atoms with van der Waals surface area (Å²) in [5.41, 5.74) is 0.333. The number of aliphatic hydroxyl groups excluding tert-OH is 1. The molecule has 0 aromatic heterocycles. The largest absolute Gasteiger partial charge is 0.507 e. The van der Waals surface area contributed by atoms with Crippen LogP contribution in [0.15, 0.2) is 60.2 Å². The molecule has 156 valence electrons. The fourth-order valence-corrected chi connectivity index (χ4v) is 3.62. The van der Waals surface area contributed by atoms with Crippen LogP contribution in [0.3, 0.4) is 0 Å². The van der Waals surface area contributed by atoms with Gasteiger partial charge in [0.1, 0.15) is 11.6 Å². The average Bonchev–Trinajstić information content (AvgIpc) is 2.98. The van der Waals surface area contributed by atoms with E-state index < -0.39 is 29.5 Å². The molecule has 1 fully saturated rings. The molecule has 1 aliphatic heterocycles. The predicted octanol–water partition coefficient (Wildman–Crippen LogP) is 3.89. The van der Waals surface area contributed by atoms with Crippen LogP contribution in [0.2, 0.25) is 0 Å². The number of likely N-dealkylation sites (tertiary alicyclic amines) is 1. The van der Waals surface area contributed by atoms with Gasteiger partial charge in [0.05, 0.1) is 11.6 Å². The molecule has 0 unspecified atom stereocenters. The summed E-state index contributed by atoms with van der Waals surface area (Å²) in [7, 11) is 0. The maximum atomic E-state index is 14.6. The van der Waals surface area contributed by atoms with Crippen molar-refractivity contribution in [3.05, 3.63) is 77.1 Å². The highest BCUT2D eigenvalue weighted by Crippen LogP contribution is 2.40. The van der Waals surface area contributed by atoms with E-state index in [0.29, 0.717) is 24.8 Å². The molecule has 1 saturated heterocycles. The standard InChI is InChI=1S/C23H22FNO5/c24-17-12-7-6-11-16(17)20-19(21(28)15-9-3-1-4-10-15)22(29)23(30)25(20)14-8-2-5-13-18(26)27/h1,3-4,6-7,9-12,20,28H,2,5,8,13-14H2,(H,26,27)/b21-19+/t20-/m1/s1. The third kappa shape index (κ3) is 4.40. The minimum absolute atomic E-state index is 0.0174. The minimum atomic E-state index is -1.05. The van der Waals surface area contributed by atoms with Crippen LogP contribution in [0.4, 0.5) is 4.39 Å². The van der Waals surface area contributed by atoms with Crippen LogP contribution in [0.25, 0.3) is 5.76 Å². The van der Waals surface area contributed by atoms with Crippen molar-refractivity contribution < 1.29 is 29.0 Å². The lowest BCUT2D eigenvalue weighted by Crippen LogP contribution is -2.31. The Hall–Kier alpha value is -3.48. The molecule has 2 aromatic rings. The van der Waals surface area contributed by atoms with Gasteiger partial charge in [-0.2, -0.15) is 0 Å². The number of hydrogen-bond acceptors (Lipinski definition) is 4. The zero-order valence-electron chi connectivity index (χ0n) is 16.3. The van der Waals surface area contributed by atoms with Gasteiger partial charge < -0.3 is 15.1 Å². The topological polar surface area (TPSA) is 94.9 Å². The first-order valence-electron chi connectivity index (χ1n) is 9.72. The van der Waals surface area contributed by atoms with Gasteiger partial charge in [-0.05, 0) is 18.9 Å². The number of rotatable bonds is 8. The molecular weight excluding hydrogens is 389 g/mol. The van der Waals surface area contributed by atoms with E-state index in [4.69, 9.17) is 5.11 Å². The molecular formula is C23H22FNO5. The highest BCUT2D eigenvalue weighted by atomic mass is 19.1. The number of aliphatic hydroxyl groups is 1. The number of carboxylic acid groups (broad SMARTS) is 1. The minimum Gasteiger partial charge on any atom is -0.507 e. The number of Topliss-reactive ketones (excluding diaryl/α,β-unsaturated/α-hetero) is 1. The van der Waals surface area contributed by atoms with E-state index in [0.717, 1.165) is 0 Å². The Bertz CT molecular complexity index is 986. The zero-order valence-corrected chi connectivity index (χ0v) is 16.3. The summed E-state index contributed by atoms with van der Waals surface area (Å²) in [6, 6.07) is 13.1. The number of hydrogen-bond donors (Lipinski definition) is 2. The maximum absolute atomic E-state index is 14.6. The smallest absolute Gasteiger partial charge is 0.303 e. The molecule has 2 aromatic carbocycles. The number of halogens is 1. The second-order valence-corrected chi connectivity index (χ2v) is 7.08. The van der Waals surface area contributed by atoms with Crippen LogP contribution in [-0.2, 0) is 14.4 Å². The third-order valence-corrected chi connectivity index (χ3v) is 5.08. The van der Waals surface area contributed by atoms with Crippen molar-refractivity contribution in [3.63, 3.8) is 0 Å². The molecule has 0 saturated carbocycles. The Morgan fingerprint density at radius 3 is 2.27 bits per heavy atom. The van der Waals surface area contributed by atoms with E-state index in [1.165, 1.54) is 23.1 Å². The van der Waals surface area contributed by atoms with Crippen LogP contribution in [0, 0.1) is 5.82 Å². The van der Waals surface area contributed by atoms with Gasteiger partial charge in [-0.1, -0.05) is 55.0 Å². The van der Waals surface area contributed by atoms with Crippen molar-refractivity contribution in [1.82, 2.24) is 4.90 Å². The highest BCUT2D eigenvalue weighted by Gasteiger charge is 2.46. The molecule has 0 aliphatic carbocycles. The Kier molecular flexibility index (Phi) is 6.61. The number of unbranched alkanes of at least 4 members (excludes halogenated alkanes) is 2. The molecule has 1 aliphatic rings. The van der Waals surface area contributed by atoms with Crippen molar-refractivity contribution in [2.45, 2.75) is 31.7 Å². The Labute approximate surface area is 173 Å². The number of benzene rings is 2. The predicted molar refractivity (Wildman–Crippen MR) is 108 cm³/mol. The third-order valence-electron chi connectivity index (χ3n) is 5.08. The number of ketones is 1. The van der Waals surface area contributed by atoms with Crippen LogP contribution in [0.1, 0.15) is 42.9 Å². The van der Waals surface area contributed by atoms with E-state index in [2.05, 4.69) is 0 Å². The van der Waals surface area contributed by atoms with Gasteiger partial charge in [-0.25, -0.2) is 4.39 Å². The van der Waals surface area contributed by atoms with Crippen LogP contribution < -0.4 is 0 Å². The van der Waals surface area contributed by atoms with E-state index in [-0.39, 0.29) is 29.9 Å². The fraction of sp³-hybridized carbons (Fsp3) is 0.261. The molecule has 30 heavy (non-hydrogen) atoms. The first-order chi connectivity index (χ1) is 14.4. The maximum Gasteiger partial charge on any atom is 0.303 e. The number of nitrogens with zero attached hydrogens (tertiary/aromatic N) is 1. The van der Waals surface area contributed by atoms with Gasteiger partial charge in [-0.3, -0.25) is 14.4 Å². The SMILES string of the molecule is O=C(O)CCCCCN1C(=O)C(=O)/C(=C(/O)c2ccccc2)[C@H]1c1ccccc1F. The van der Waals surface area contributed by atoms with Crippen molar-refractivity contribution in [2.75, 3.05) is 6.54 Å². The quantitative estimate of drug-likeness (QED) is 0.297. The van der Waals surface area contributed by atoms with Gasteiger partial charge in [-0.15, -0.1) is 0 Å². The molecule has 0 bridgehead atoms. The first-order valence-corrected chi connectivity index (χ1v) is 9.72. The fourth-order valence-electron chi connectivity index (χ4n) is 3.62. The van der Waals surface area contributed by atoms with Gasteiger partial charge in [0.25, 0.3) is 11.7 Å². The van der Waals surface area contributed by atoms with Crippen LogP contribution >= 0.6 is 0 Å². The summed E-state index contributed by atoms with van der Waals surface area (Å²) in [5, 5.41) is 19.6. The Morgan fingerprint density at radius 1 is 0.933 bits per heavy atom. The number of carbonyl (C=O) groups is 3. The number of carbonyl (C=O) groups excluding carboxylic acids is 2. The molecule has 6 nitrogen and oxygen atoms in total. The summed E-state index contributed by atoms with van der Waals surface area (Å²) in [4.78, 5) is 37.4. The van der Waals surface area contributed by atoms with Gasteiger partial charge in [0.2, 0.25) is 0 Å². The molecule has 1 atom stereocenters. The Morgan fingerprint density at radius 2 is 1.60 bits per heavy atom. The van der Waals surface area contributed by atoms with Crippen LogP contribution in [-0.4, -0.2) is 39.3 Å². The molecule has 2 N–H and O–H groups in total. The molecule has 1 heterocycles. The zero-order chi connectivity index (χ0) is 21.7. The van der Waals surface area contributed by atoms with E-state index in [1.54, 1.807) is 36.4 Å². The normalized spacial score (nSPS) is 18.0. The van der Waals surface area contributed by atoms with Crippen molar-refractivity contribution in [2.24, 2.45) is 0 Å². The monoisotopic (exact) mass is 411 g/mol. The first kappa shape index (κ1) is 21.2. The van der Waals surface area contributed by atoms with Gasteiger partial charge in [0.15, 0.2) is 0 Å². The lowest BCUT2D eigenvalue weighted by Gasteiger charge is -2.25. The molecule has 3 rings (SSSR count). The lowest BCUT2D eigenvalue weighted by molar-refractivity contribution is -0.140. The summed E-state index contributed by atoms with van der Waals surface area (Å²) < 4.78 is 14.6. The summed E-state index contributed by atoms with van der Waals surface area (Å²) in [6.07, 6.45) is 1.45. The number of aliphatic carboxylic acids is 1. The lowest BCUT2D eigenvalue weighted by atomic mass is 9.95. The molecule has 1 amide bonds. The highest BCUT2D eigenvalue weighted by molar-refractivity contribution is 6.46. The summed E-state index contributed by atoms with van der Waals surface area (Å²) in [6.45, 7) is 0.148. The van der Waals surface area contributed by atoms with E-state index in [1.807, 2.05) is 0 Å². The van der Waals surface area contributed by atoms with E-state index in [9.17, 15) is 23.9 Å². The number of amides is 1. The number of carboxylic acids is 1. The van der Waals surface area contributed by atoms with Crippen molar-refractivity contribution in [3.8, 4) is 0 Å². The van der Waals surface area contributed by atoms with Gasteiger partial charge in [0, 0.05) is 24.1 Å². The Balaban J connectivity index is 1.98. The molecule has 7 heteroatoms. The molecule has 0 radical (unpaired) electrons. The average molecular weight is 411 g/mol. The van der Waals surface area contributed by atoms with E-state index >= 15 is 0 Å². The summed E-state index contributed by atoms with van der Waals surface area (Å²) in [5.74, 6) is -3.51. The second-order valence-electron chi connectivity index (χ2n) is 7.08.